The zero-order valence-corrected chi connectivity index (χ0v) is 29.3. The number of rotatable bonds is 4. The van der Waals surface area contributed by atoms with Gasteiger partial charge >= 0.3 is 0 Å². The van der Waals surface area contributed by atoms with Gasteiger partial charge in [-0.05, 0) is 59.3 Å². The van der Waals surface area contributed by atoms with E-state index < -0.39 is 0 Å². The van der Waals surface area contributed by atoms with Crippen molar-refractivity contribution in [2.75, 3.05) is 4.90 Å². The van der Waals surface area contributed by atoms with Crippen LogP contribution in [-0.2, 0) is 0 Å². The van der Waals surface area contributed by atoms with Gasteiger partial charge in [-0.2, -0.15) is 0 Å². The molecule has 0 spiro atoms. The van der Waals surface area contributed by atoms with E-state index >= 15 is 0 Å². The Morgan fingerprint density at radius 1 is 0.407 bits per heavy atom. The standard InChI is InChI=1S/C50H32N4/c1-2-16-34(17-3-1)48-39-21-6-10-25-43(39)51-50(52-48)36-19-14-20-37(32-36)53-44-26-11-7-22-40(44)47-41-23-8-12-27-45(41)54(49(47)42-24-9-13-28-46(42)53)38-30-29-33-15-4-5-18-35(33)31-38/h1-32H. The molecule has 0 bridgehead atoms. The molecule has 8 aromatic carbocycles. The Bertz CT molecular complexity index is 3070. The zero-order chi connectivity index (χ0) is 35.6. The van der Waals surface area contributed by atoms with Crippen molar-refractivity contribution < 1.29 is 0 Å². The van der Waals surface area contributed by atoms with E-state index in [1.54, 1.807) is 0 Å². The van der Waals surface area contributed by atoms with Gasteiger partial charge in [0, 0.05) is 50.0 Å². The molecule has 252 valence electrons. The third kappa shape index (κ3) is 4.70. The van der Waals surface area contributed by atoms with E-state index in [2.05, 4.69) is 191 Å². The third-order valence-corrected chi connectivity index (χ3v) is 10.7. The van der Waals surface area contributed by atoms with E-state index in [1.807, 2.05) is 12.1 Å². The van der Waals surface area contributed by atoms with Crippen LogP contribution in [-0.4, -0.2) is 14.5 Å². The fourth-order valence-corrected chi connectivity index (χ4v) is 8.31. The van der Waals surface area contributed by atoms with Crippen LogP contribution in [0.5, 0.6) is 0 Å². The van der Waals surface area contributed by atoms with Gasteiger partial charge in [-0.3, -0.25) is 0 Å². The summed E-state index contributed by atoms with van der Waals surface area (Å²) in [5, 5.41) is 4.70. The molecule has 0 saturated carbocycles. The second-order valence-electron chi connectivity index (χ2n) is 13.8. The van der Waals surface area contributed by atoms with Crippen molar-refractivity contribution in [3.63, 3.8) is 0 Å². The van der Waals surface area contributed by atoms with Crippen LogP contribution in [0.15, 0.2) is 194 Å². The minimum absolute atomic E-state index is 0.697. The van der Waals surface area contributed by atoms with Crippen LogP contribution in [0.2, 0.25) is 0 Å². The van der Waals surface area contributed by atoms with Crippen LogP contribution in [0.25, 0.3) is 83.3 Å². The lowest BCUT2D eigenvalue weighted by Crippen LogP contribution is -2.11. The predicted molar refractivity (Wildman–Crippen MR) is 224 cm³/mol. The van der Waals surface area contributed by atoms with Gasteiger partial charge in [0.2, 0.25) is 0 Å². The van der Waals surface area contributed by atoms with Crippen LogP contribution >= 0.6 is 0 Å². The minimum atomic E-state index is 0.697. The van der Waals surface area contributed by atoms with E-state index in [0.717, 1.165) is 56.0 Å². The first kappa shape index (κ1) is 30.3. The Hall–Kier alpha value is -7.30. The number of benzene rings is 8. The first-order valence-electron chi connectivity index (χ1n) is 18.3. The summed E-state index contributed by atoms with van der Waals surface area (Å²) in [6.45, 7) is 0. The molecule has 0 amide bonds. The molecule has 4 heteroatoms. The number of fused-ring (bicyclic) bond motifs is 9. The second-order valence-corrected chi connectivity index (χ2v) is 13.8. The fraction of sp³-hybridized carbons (Fsp3) is 0. The largest absolute Gasteiger partial charge is 0.309 e. The molecular formula is C50H32N4. The van der Waals surface area contributed by atoms with E-state index in [9.17, 15) is 0 Å². The monoisotopic (exact) mass is 688 g/mol. The first-order chi connectivity index (χ1) is 26.8. The van der Waals surface area contributed by atoms with Gasteiger partial charge in [0.15, 0.2) is 5.82 Å². The molecule has 0 atom stereocenters. The zero-order valence-electron chi connectivity index (χ0n) is 29.3. The Labute approximate surface area is 312 Å². The summed E-state index contributed by atoms with van der Waals surface area (Å²) in [5.41, 5.74) is 14.2. The Morgan fingerprint density at radius 3 is 1.94 bits per heavy atom. The van der Waals surface area contributed by atoms with Crippen LogP contribution in [0.4, 0.5) is 17.1 Å². The summed E-state index contributed by atoms with van der Waals surface area (Å²) in [6.07, 6.45) is 0. The Balaban J connectivity index is 1.16. The molecular weight excluding hydrogens is 657 g/mol. The van der Waals surface area contributed by atoms with Gasteiger partial charge in [-0.15, -0.1) is 0 Å². The van der Waals surface area contributed by atoms with E-state index in [1.165, 1.54) is 38.5 Å². The summed E-state index contributed by atoms with van der Waals surface area (Å²) < 4.78 is 2.46. The number of anilines is 3. The first-order valence-corrected chi connectivity index (χ1v) is 18.3. The highest BCUT2D eigenvalue weighted by atomic mass is 15.2. The van der Waals surface area contributed by atoms with Crippen molar-refractivity contribution >= 4 is 49.6 Å². The van der Waals surface area contributed by atoms with Gasteiger partial charge < -0.3 is 9.47 Å². The predicted octanol–water partition coefficient (Wildman–Crippen LogP) is 13.2. The highest BCUT2D eigenvalue weighted by Crippen LogP contribution is 2.54. The molecule has 3 heterocycles. The van der Waals surface area contributed by atoms with Crippen LogP contribution < -0.4 is 4.90 Å². The molecule has 11 rings (SSSR count). The van der Waals surface area contributed by atoms with Gasteiger partial charge in [0.1, 0.15) is 0 Å². The summed E-state index contributed by atoms with van der Waals surface area (Å²) in [4.78, 5) is 12.8. The van der Waals surface area contributed by atoms with Gasteiger partial charge in [0.05, 0.1) is 33.8 Å². The van der Waals surface area contributed by atoms with Gasteiger partial charge in [0.25, 0.3) is 0 Å². The van der Waals surface area contributed by atoms with Gasteiger partial charge in [-0.1, -0.05) is 146 Å². The molecule has 0 aliphatic carbocycles. The molecule has 0 fully saturated rings. The van der Waals surface area contributed by atoms with Gasteiger partial charge in [-0.25, -0.2) is 9.97 Å². The molecule has 0 saturated heterocycles. The highest BCUT2D eigenvalue weighted by Gasteiger charge is 2.31. The van der Waals surface area contributed by atoms with Crippen LogP contribution in [0.1, 0.15) is 0 Å². The van der Waals surface area contributed by atoms with Crippen LogP contribution in [0.3, 0.4) is 0 Å². The fourth-order valence-electron chi connectivity index (χ4n) is 8.31. The van der Waals surface area contributed by atoms with Crippen molar-refractivity contribution in [3.8, 4) is 50.7 Å². The molecule has 54 heavy (non-hydrogen) atoms. The quantitative estimate of drug-likeness (QED) is 0.185. The molecule has 1 aliphatic rings. The molecule has 4 nitrogen and oxygen atoms in total. The van der Waals surface area contributed by atoms with E-state index in [4.69, 9.17) is 9.97 Å². The lowest BCUT2D eigenvalue weighted by atomic mass is 9.98. The minimum Gasteiger partial charge on any atom is -0.309 e. The molecule has 0 unspecified atom stereocenters. The number of nitrogens with zero attached hydrogens (tertiary/aromatic N) is 4. The molecule has 0 radical (unpaired) electrons. The summed E-state index contributed by atoms with van der Waals surface area (Å²) in [6, 6.07) is 69.2. The second kappa shape index (κ2) is 12.1. The number of hydrogen-bond acceptors (Lipinski definition) is 3. The van der Waals surface area contributed by atoms with E-state index in [0.29, 0.717) is 5.82 Å². The summed E-state index contributed by atoms with van der Waals surface area (Å²) in [7, 11) is 0. The normalized spacial score (nSPS) is 12.0. The molecule has 0 N–H and O–H groups in total. The maximum atomic E-state index is 5.23. The Morgan fingerprint density at radius 2 is 1.07 bits per heavy atom. The number of para-hydroxylation sites is 4. The lowest BCUT2D eigenvalue weighted by Gasteiger charge is -2.28. The van der Waals surface area contributed by atoms with Crippen molar-refractivity contribution in [1.82, 2.24) is 14.5 Å². The van der Waals surface area contributed by atoms with E-state index in [-0.39, 0.29) is 0 Å². The maximum Gasteiger partial charge on any atom is 0.160 e. The lowest BCUT2D eigenvalue weighted by molar-refractivity contribution is 1.14. The SMILES string of the molecule is c1ccc(-c2nc(-c3cccc(N4c5ccccc5-c5c(n(-c6ccc7ccccc7c6)c6ccccc56)-c5ccccc54)c3)nc3ccccc23)cc1. The Kier molecular flexibility index (Phi) is 6.82. The third-order valence-electron chi connectivity index (χ3n) is 10.7. The number of aromatic nitrogens is 3. The van der Waals surface area contributed by atoms with Crippen molar-refractivity contribution in [1.29, 1.82) is 0 Å². The average Bonchev–Trinajstić information content (AvgIpc) is 3.52. The summed E-state index contributed by atoms with van der Waals surface area (Å²) in [5.74, 6) is 0.697. The van der Waals surface area contributed by atoms with Crippen LogP contribution in [0, 0.1) is 0 Å². The maximum absolute atomic E-state index is 5.23. The summed E-state index contributed by atoms with van der Waals surface area (Å²) >= 11 is 0. The number of hydrogen-bond donors (Lipinski definition) is 0. The highest BCUT2D eigenvalue weighted by molar-refractivity contribution is 6.13. The molecule has 10 aromatic rings. The van der Waals surface area contributed by atoms with Crippen molar-refractivity contribution in [2.24, 2.45) is 0 Å². The molecule has 1 aliphatic heterocycles. The van der Waals surface area contributed by atoms with Crippen molar-refractivity contribution in [3.05, 3.63) is 194 Å². The topological polar surface area (TPSA) is 34.0 Å². The average molecular weight is 689 g/mol. The molecule has 2 aromatic heterocycles. The smallest absolute Gasteiger partial charge is 0.160 e. The van der Waals surface area contributed by atoms with Crippen molar-refractivity contribution in [2.45, 2.75) is 0 Å².